The van der Waals surface area contributed by atoms with Gasteiger partial charge in [0.2, 0.25) is 5.91 Å². The van der Waals surface area contributed by atoms with E-state index in [0.717, 1.165) is 54.6 Å². The number of benzene rings is 2. The Kier molecular flexibility index (Phi) is 8.69. The number of halogens is 2. The lowest BCUT2D eigenvalue weighted by Crippen LogP contribution is -2.29. The Morgan fingerprint density at radius 1 is 1.33 bits per heavy atom. The van der Waals surface area contributed by atoms with Gasteiger partial charge in [0.1, 0.15) is 11.9 Å². The molecule has 2 aromatic carbocycles. The summed E-state index contributed by atoms with van der Waals surface area (Å²) in [6.45, 7) is 7.73. The molecule has 5 heteroatoms. The van der Waals surface area contributed by atoms with E-state index in [9.17, 15) is 14.4 Å². The molecular weight excluding hydrogens is 435 g/mol. The summed E-state index contributed by atoms with van der Waals surface area (Å²) in [7, 11) is 0. The Morgan fingerprint density at radius 3 is 2.82 bits per heavy atom. The van der Waals surface area contributed by atoms with Crippen molar-refractivity contribution in [1.29, 1.82) is 5.26 Å². The van der Waals surface area contributed by atoms with Crippen LogP contribution in [0.25, 0.3) is 5.57 Å². The van der Waals surface area contributed by atoms with Crippen molar-refractivity contribution >= 4 is 23.1 Å². The van der Waals surface area contributed by atoms with Crippen LogP contribution >= 0.6 is 11.6 Å². The second-order valence-electron chi connectivity index (χ2n) is 9.18. The number of nitriles is 1. The highest BCUT2D eigenvalue weighted by atomic mass is 35.5. The van der Waals surface area contributed by atoms with Gasteiger partial charge < -0.3 is 4.90 Å². The van der Waals surface area contributed by atoms with E-state index in [4.69, 9.17) is 11.6 Å². The van der Waals surface area contributed by atoms with Gasteiger partial charge >= 0.3 is 0 Å². The molecule has 174 valence electrons. The number of aryl methyl sites for hydroxylation is 2. The second kappa shape index (κ2) is 11.5. The number of rotatable bonds is 8. The van der Waals surface area contributed by atoms with Crippen LogP contribution in [0.2, 0.25) is 5.02 Å². The first-order valence-corrected chi connectivity index (χ1v) is 12.1. The van der Waals surface area contributed by atoms with Crippen molar-refractivity contribution in [2.24, 2.45) is 11.8 Å². The van der Waals surface area contributed by atoms with Gasteiger partial charge in [0.25, 0.3) is 0 Å². The quantitative estimate of drug-likeness (QED) is 0.422. The summed E-state index contributed by atoms with van der Waals surface area (Å²) in [6.07, 6.45) is 6.22. The van der Waals surface area contributed by atoms with Gasteiger partial charge in [-0.15, -0.1) is 0 Å². The number of amides is 1. The number of hydrogen-bond acceptors (Lipinski definition) is 2. The molecule has 1 amide bonds. The van der Waals surface area contributed by atoms with Crippen LogP contribution in [0, 0.1) is 35.9 Å². The Labute approximate surface area is 201 Å². The largest absolute Gasteiger partial charge is 0.342 e. The van der Waals surface area contributed by atoms with E-state index in [2.05, 4.69) is 26.0 Å². The average Bonchev–Trinajstić information content (AvgIpc) is 3.27. The van der Waals surface area contributed by atoms with Crippen LogP contribution in [0.3, 0.4) is 0 Å². The lowest BCUT2D eigenvalue weighted by molar-refractivity contribution is -0.131. The van der Waals surface area contributed by atoms with E-state index in [1.165, 1.54) is 6.07 Å². The molecule has 3 nitrogen and oxygen atoms in total. The summed E-state index contributed by atoms with van der Waals surface area (Å²) in [5, 5.41) is 9.66. The fourth-order valence-electron chi connectivity index (χ4n) is 4.31. The molecule has 1 unspecified atom stereocenters. The van der Waals surface area contributed by atoms with Crippen molar-refractivity contribution < 1.29 is 9.18 Å². The van der Waals surface area contributed by atoms with Crippen LogP contribution in [0.4, 0.5) is 4.39 Å². The molecule has 33 heavy (non-hydrogen) atoms. The number of nitrogens with zero attached hydrogens (tertiary/aromatic N) is 2. The van der Waals surface area contributed by atoms with E-state index in [-0.39, 0.29) is 17.6 Å². The Morgan fingerprint density at radius 2 is 2.12 bits per heavy atom. The molecule has 0 radical (unpaired) electrons. The van der Waals surface area contributed by atoms with E-state index in [1.807, 2.05) is 30.0 Å². The third-order valence-electron chi connectivity index (χ3n) is 6.67. The fourth-order valence-corrected chi connectivity index (χ4v) is 4.54. The number of likely N-dealkylation sites (tertiary alicyclic amines) is 1. The molecule has 0 aliphatic carbocycles. The zero-order valence-corrected chi connectivity index (χ0v) is 20.5. The van der Waals surface area contributed by atoms with Gasteiger partial charge in [-0.25, -0.2) is 4.39 Å². The first kappa shape index (κ1) is 25.0. The minimum Gasteiger partial charge on any atom is -0.342 e. The van der Waals surface area contributed by atoms with Crippen LogP contribution in [0.1, 0.15) is 61.8 Å². The molecule has 0 bridgehead atoms. The van der Waals surface area contributed by atoms with Crippen molar-refractivity contribution in [1.82, 2.24) is 4.90 Å². The van der Waals surface area contributed by atoms with Crippen LogP contribution in [-0.2, 0) is 11.2 Å². The van der Waals surface area contributed by atoms with Crippen LogP contribution < -0.4 is 0 Å². The summed E-state index contributed by atoms with van der Waals surface area (Å²) >= 11 is 6.33. The first-order valence-electron chi connectivity index (χ1n) is 11.7. The average molecular weight is 467 g/mol. The SMILES string of the molecule is CCC(C)CC(=O)N1CC[C@H](/C=C(/CCc2cc(F)ccc2C)c2ccc(C#N)c(Cl)c2)C1. The van der Waals surface area contributed by atoms with Crippen molar-refractivity contribution in [3.8, 4) is 6.07 Å². The fraction of sp³-hybridized carbons (Fsp3) is 0.429. The van der Waals surface area contributed by atoms with E-state index >= 15 is 0 Å². The van der Waals surface area contributed by atoms with Gasteiger partial charge in [0.15, 0.2) is 0 Å². The molecule has 2 aromatic rings. The summed E-state index contributed by atoms with van der Waals surface area (Å²) in [5.74, 6) is 0.675. The molecule has 0 aromatic heterocycles. The van der Waals surface area contributed by atoms with Crippen molar-refractivity contribution in [2.75, 3.05) is 13.1 Å². The Hall–Kier alpha value is -2.64. The van der Waals surface area contributed by atoms with Crippen molar-refractivity contribution in [2.45, 2.75) is 52.9 Å². The minimum absolute atomic E-state index is 0.228. The molecule has 1 aliphatic rings. The lowest BCUT2D eigenvalue weighted by atomic mass is 9.92. The predicted molar refractivity (Wildman–Crippen MR) is 132 cm³/mol. The number of hydrogen-bond donors (Lipinski definition) is 0. The van der Waals surface area contributed by atoms with Gasteiger partial charge in [-0.05, 0) is 84.6 Å². The molecule has 3 rings (SSSR count). The molecule has 1 fully saturated rings. The maximum atomic E-state index is 13.8. The van der Waals surface area contributed by atoms with E-state index in [0.29, 0.717) is 29.3 Å². The maximum Gasteiger partial charge on any atom is 0.222 e. The molecule has 1 aliphatic heterocycles. The van der Waals surface area contributed by atoms with Gasteiger partial charge in [0.05, 0.1) is 10.6 Å². The topological polar surface area (TPSA) is 44.1 Å². The first-order chi connectivity index (χ1) is 15.8. The standard InChI is InChI=1S/C28H32ClFN2O/c1-4-19(2)13-28(33)32-12-11-21(18-32)14-23(24-8-9-25(17-31)27(29)16-24)7-6-22-15-26(30)10-5-20(22)3/h5,8-10,14-16,19,21H,4,6-7,11-13,18H2,1-3H3/b23-14-/t19?,21-/m1/s1. The number of allylic oxidation sites excluding steroid dienone is 1. The highest BCUT2D eigenvalue weighted by molar-refractivity contribution is 6.31. The predicted octanol–water partition coefficient (Wildman–Crippen LogP) is 6.96. The highest BCUT2D eigenvalue weighted by Gasteiger charge is 2.26. The van der Waals surface area contributed by atoms with Crippen molar-refractivity contribution in [3.63, 3.8) is 0 Å². The van der Waals surface area contributed by atoms with Gasteiger partial charge in [0, 0.05) is 19.5 Å². The monoisotopic (exact) mass is 466 g/mol. The van der Waals surface area contributed by atoms with Gasteiger partial charge in [-0.2, -0.15) is 5.26 Å². The molecule has 1 saturated heterocycles. The van der Waals surface area contributed by atoms with Crippen LogP contribution in [0.15, 0.2) is 42.5 Å². The summed E-state index contributed by atoms with van der Waals surface area (Å²) in [4.78, 5) is 14.6. The normalized spacial score (nSPS) is 17.2. The molecule has 1 heterocycles. The summed E-state index contributed by atoms with van der Waals surface area (Å²) in [6, 6.07) is 12.5. The van der Waals surface area contributed by atoms with Crippen molar-refractivity contribution in [3.05, 3.63) is 75.6 Å². The van der Waals surface area contributed by atoms with E-state index < -0.39 is 0 Å². The third-order valence-corrected chi connectivity index (χ3v) is 6.98. The second-order valence-corrected chi connectivity index (χ2v) is 9.58. The number of carbonyl (C=O) groups is 1. The number of carbonyl (C=O) groups excluding carboxylic acids is 1. The van der Waals surface area contributed by atoms with Gasteiger partial charge in [-0.3, -0.25) is 4.79 Å². The molecule has 0 N–H and O–H groups in total. The Bertz CT molecular complexity index is 1070. The molecule has 0 spiro atoms. The lowest BCUT2D eigenvalue weighted by Gasteiger charge is -2.18. The third kappa shape index (κ3) is 6.68. The zero-order valence-electron chi connectivity index (χ0n) is 19.7. The minimum atomic E-state index is -0.228. The van der Waals surface area contributed by atoms with Crippen LogP contribution in [-0.4, -0.2) is 23.9 Å². The summed E-state index contributed by atoms with van der Waals surface area (Å²) < 4.78 is 13.8. The van der Waals surface area contributed by atoms with Crippen LogP contribution in [0.5, 0.6) is 0 Å². The zero-order chi connectivity index (χ0) is 24.0. The molecule has 0 saturated carbocycles. The molecule has 2 atom stereocenters. The van der Waals surface area contributed by atoms with Gasteiger partial charge in [-0.1, -0.05) is 50.1 Å². The highest BCUT2D eigenvalue weighted by Crippen LogP contribution is 2.30. The molecular formula is C28H32ClFN2O. The summed E-state index contributed by atoms with van der Waals surface area (Å²) in [5.41, 5.74) is 4.58. The Balaban J connectivity index is 1.82. The maximum absolute atomic E-state index is 13.8. The smallest absolute Gasteiger partial charge is 0.222 e. The van der Waals surface area contributed by atoms with E-state index in [1.54, 1.807) is 12.1 Å².